The van der Waals surface area contributed by atoms with Crippen molar-refractivity contribution in [2.45, 2.75) is 25.2 Å². The Kier molecular flexibility index (Phi) is 3.13. The predicted molar refractivity (Wildman–Crippen MR) is 59.5 cm³/mol. The molecule has 1 aromatic heterocycles. The number of terminal acetylenes is 1. The van der Waals surface area contributed by atoms with Gasteiger partial charge in [-0.3, -0.25) is 14.3 Å². The molecule has 2 atom stereocenters. The third-order valence-corrected chi connectivity index (χ3v) is 2.72. The number of H-pyrrole nitrogens is 1. The largest absolute Gasteiger partial charge is 0.394 e. The Morgan fingerprint density at radius 1 is 1.59 bits per heavy atom. The van der Waals surface area contributed by atoms with Crippen molar-refractivity contribution in [2.24, 2.45) is 0 Å². The molecular weight excluding hydrogens is 224 g/mol. The molecule has 2 N–H and O–H groups in total. The molecule has 0 unspecified atom stereocenters. The van der Waals surface area contributed by atoms with Crippen molar-refractivity contribution in [1.82, 2.24) is 9.55 Å². The van der Waals surface area contributed by atoms with Gasteiger partial charge in [0.25, 0.3) is 5.56 Å². The predicted octanol–water partition coefficient (Wildman–Crippen LogP) is -0.812. The maximum atomic E-state index is 11.6. The lowest BCUT2D eigenvalue weighted by Crippen LogP contribution is -2.33. The fourth-order valence-electron chi connectivity index (χ4n) is 1.83. The van der Waals surface area contributed by atoms with Crippen molar-refractivity contribution in [3.05, 3.63) is 32.6 Å². The molecule has 0 radical (unpaired) electrons. The van der Waals surface area contributed by atoms with E-state index in [1.54, 1.807) is 0 Å². The Balaban J connectivity index is 2.37. The van der Waals surface area contributed by atoms with Crippen LogP contribution in [0.1, 0.15) is 24.6 Å². The molecule has 0 spiro atoms. The summed E-state index contributed by atoms with van der Waals surface area (Å²) in [5.41, 5.74) is -1.05. The molecule has 0 aliphatic carbocycles. The molecule has 1 aliphatic heterocycles. The minimum Gasteiger partial charge on any atom is -0.394 e. The van der Waals surface area contributed by atoms with Gasteiger partial charge >= 0.3 is 5.69 Å². The lowest BCUT2D eigenvalue weighted by atomic mass is 10.2. The fourth-order valence-corrected chi connectivity index (χ4v) is 1.83. The quantitative estimate of drug-likeness (QED) is 0.658. The maximum absolute atomic E-state index is 11.6. The number of aromatic amines is 1. The summed E-state index contributed by atoms with van der Waals surface area (Å²) in [5.74, 6) is 2.20. The van der Waals surface area contributed by atoms with Crippen LogP contribution in [0.15, 0.2) is 15.8 Å². The van der Waals surface area contributed by atoms with Crippen LogP contribution in [0.5, 0.6) is 0 Å². The van der Waals surface area contributed by atoms with E-state index in [1.807, 2.05) is 0 Å². The number of hydrogen-bond acceptors (Lipinski definition) is 4. The minimum absolute atomic E-state index is 0.0839. The van der Waals surface area contributed by atoms with E-state index in [0.29, 0.717) is 12.8 Å². The molecule has 0 bridgehead atoms. The molecule has 6 nitrogen and oxygen atoms in total. The number of hydrogen-bond donors (Lipinski definition) is 2. The highest BCUT2D eigenvalue weighted by atomic mass is 16.5. The zero-order valence-electron chi connectivity index (χ0n) is 9.05. The van der Waals surface area contributed by atoms with Crippen LogP contribution < -0.4 is 11.2 Å². The molecule has 6 heteroatoms. The normalized spacial score (nSPS) is 23.5. The maximum Gasteiger partial charge on any atom is 0.330 e. The molecule has 0 saturated carbocycles. The first kappa shape index (κ1) is 11.6. The highest BCUT2D eigenvalue weighted by molar-refractivity contribution is 5.26. The van der Waals surface area contributed by atoms with Crippen molar-refractivity contribution in [3.63, 3.8) is 0 Å². The molecule has 1 aliphatic rings. The van der Waals surface area contributed by atoms with E-state index in [2.05, 4.69) is 10.9 Å². The first-order valence-electron chi connectivity index (χ1n) is 5.24. The van der Waals surface area contributed by atoms with Gasteiger partial charge in [0.2, 0.25) is 0 Å². The SMILES string of the molecule is C#Cc1cn([C@@H]2CC[C@H](CO)O2)c(=O)[nH]c1=O. The smallest absolute Gasteiger partial charge is 0.330 e. The average Bonchev–Trinajstić information content (AvgIpc) is 2.78. The molecule has 2 rings (SSSR count). The second-order valence-electron chi connectivity index (χ2n) is 3.83. The van der Waals surface area contributed by atoms with Gasteiger partial charge in [-0.05, 0) is 12.8 Å². The fraction of sp³-hybridized carbons (Fsp3) is 0.455. The summed E-state index contributed by atoms with van der Waals surface area (Å²) in [6.45, 7) is -0.0867. The highest BCUT2D eigenvalue weighted by Gasteiger charge is 2.26. The molecule has 1 fully saturated rings. The summed E-state index contributed by atoms with van der Waals surface area (Å²) in [5, 5.41) is 8.94. The van der Waals surface area contributed by atoms with Gasteiger partial charge in [-0.15, -0.1) is 6.42 Å². The highest BCUT2D eigenvalue weighted by Crippen LogP contribution is 2.26. The third-order valence-electron chi connectivity index (χ3n) is 2.72. The van der Waals surface area contributed by atoms with Crippen molar-refractivity contribution in [1.29, 1.82) is 0 Å². The number of aliphatic hydroxyl groups is 1. The summed E-state index contributed by atoms with van der Waals surface area (Å²) >= 11 is 0. The number of aliphatic hydroxyl groups excluding tert-OH is 1. The van der Waals surface area contributed by atoms with Crippen molar-refractivity contribution in [2.75, 3.05) is 6.61 Å². The van der Waals surface area contributed by atoms with E-state index in [1.165, 1.54) is 10.8 Å². The van der Waals surface area contributed by atoms with Crippen LogP contribution in [0.3, 0.4) is 0 Å². The van der Waals surface area contributed by atoms with Gasteiger partial charge in [-0.2, -0.15) is 0 Å². The first-order chi connectivity index (χ1) is 8.15. The molecule has 90 valence electrons. The van der Waals surface area contributed by atoms with Crippen molar-refractivity contribution in [3.8, 4) is 12.3 Å². The first-order valence-corrected chi connectivity index (χ1v) is 5.24. The molecule has 1 saturated heterocycles. The Bertz CT molecular complexity index is 566. The summed E-state index contributed by atoms with van der Waals surface area (Å²) in [4.78, 5) is 25.0. The number of ether oxygens (including phenoxy) is 1. The van der Waals surface area contributed by atoms with Gasteiger partial charge in [0.05, 0.1) is 12.7 Å². The second-order valence-corrected chi connectivity index (χ2v) is 3.83. The monoisotopic (exact) mass is 236 g/mol. The van der Waals surface area contributed by atoms with Gasteiger partial charge in [-0.25, -0.2) is 4.79 Å². The Hall–Kier alpha value is -1.84. The topological polar surface area (TPSA) is 84.3 Å². The summed E-state index contributed by atoms with van der Waals surface area (Å²) in [6.07, 6.45) is 6.98. The molecular formula is C11H12N2O4. The van der Waals surface area contributed by atoms with Crippen LogP contribution in [-0.4, -0.2) is 27.4 Å². The second kappa shape index (κ2) is 4.57. The van der Waals surface area contributed by atoms with Gasteiger partial charge in [0.1, 0.15) is 11.8 Å². The lowest BCUT2D eigenvalue weighted by Gasteiger charge is -2.14. The summed E-state index contributed by atoms with van der Waals surface area (Å²) in [6, 6.07) is 0. The average molecular weight is 236 g/mol. The van der Waals surface area contributed by atoms with E-state index in [-0.39, 0.29) is 18.3 Å². The minimum atomic E-state index is -0.578. The van der Waals surface area contributed by atoms with Gasteiger partial charge in [-0.1, -0.05) is 5.92 Å². The van der Waals surface area contributed by atoms with E-state index < -0.39 is 17.5 Å². The Morgan fingerprint density at radius 3 is 2.94 bits per heavy atom. The van der Waals surface area contributed by atoms with Crippen LogP contribution in [0, 0.1) is 12.3 Å². The van der Waals surface area contributed by atoms with Gasteiger partial charge in [0.15, 0.2) is 0 Å². The van der Waals surface area contributed by atoms with E-state index in [9.17, 15) is 9.59 Å². The van der Waals surface area contributed by atoms with Crippen LogP contribution in [-0.2, 0) is 4.74 Å². The zero-order chi connectivity index (χ0) is 12.4. The van der Waals surface area contributed by atoms with Crippen molar-refractivity contribution < 1.29 is 9.84 Å². The Morgan fingerprint density at radius 2 is 2.35 bits per heavy atom. The van der Waals surface area contributed by atoms with Gasteiger partial charge in [0, 0.05) is 6.20 Å². The molecule has 0 aromatic carbocycles. The third kappa shape index (κ3) is 2.16. The number of aromatic nitrogens is 2. The molecule has 17 heavy (non-hydrogen) atoms. The van der Waals surface area contributed by atoms with Gasteiger partial charge < -0.3 is 9.84 Å². The number of nitrogens with zero attached hydrogens (tertiary/aromatic N) is 1. The summed E-state index contributed by atoms with van der Waals surface area (Å²) < 4.78 is 6.70. The van der Waals surface area contributed by atoms with Crippen molar-refractivity contribution >= 4 is 0 Å². The molecule has 1 aromatic rings. The van der Waals surface area contributed by atoms with Crippen LogP contribution in [0.4, 0.5) is 0 Å². The Labute approximate surface area is 96.9 Å². The number of nitrogens with one attached hydrogen (secondary N) is 1. The van der Waals surface area contributed by atoms with E-state index in [4.69, 9.17) is 16.3 Å². The molecule has 0 amide bonds. The number of rotatable bonds is 2. The zero-order valence-corrected chi connectivity index (χ0v) is 9.05. The molecule has 2 heterocycles. The lowest BCUT2D eigenvalue weighted by molar-refractivity contribution is -0.0246. The van der Waals surface area contributed by atoms with E-state index >= 15 is 0 Å². The van der Waals surface area contributed by atoms with Crippen LogP contribution in [0.25, 0.3) is 0 Å². The summed E-state index contributed by atoms with van der Waals surface area (Å²) in [7, 11) is 0. The van der Waals surface area contributed by atoms with Crippen LogP contribution in [0.2, 0.25) is 0 Å². The van der Waals surface area contributed by atoms with Crippen LogP contribution >= 0.6 is 0 Å². The van der Waals surface area contributed by atoms with E-state index in [0.717, 1.165) is 0 Å². The standard InChI is InChI=1S/C11H12N2O4/c1-2-7-5-13(11(16)12-10(7)15)9-4-3-8(6-14)17-9/h1,5,8-9,14H,3-4,6H2,(H,12,15,16)/t8-,9+/m1/s1.